The summed E-state index contributed by atoms with van der Waals surface area (Å²) in [4.78, 5) is 17.0. The van der Waals surface area contributed by atoms with Gasteiger partial charge in [-0.25, -0.2) is 0 Å². The van der Waals surface area contributed by atoms with Crippen LogP contribution in [0.3, 0.4) is 0 Å². The molecule has 4 nitrogen and oxygen atoms in total. The van der Waals surface area contributed by atoms with E-state index in [-0.39, 0.29) is 6.42 Å². The van der Waals surface area contributed by atoms with Crippen LogP contribution in [0, 0.1) is 0 Å². The molecule has 0 unspecified atom stereocenters. The Balaban J connectivity index is 2.03. The van der Waals surface area contributed by atoms with Gasteiger partial charge in [0.05, 0.1) is 6.54 Å². The molecule has 1 aromatic carbocycles. The van der Waals surface area contributed by atoms with E-state index < -0.39 is 5.97 Å². The molecule has 0 fully saturated rings. The van der Waals surface area contributed by atoms with Gasteiger partial charge in [-0.15, -0.1) is 0 Å². The van der Waals surface area contributed by atoms with Gasteiger partial charge in [0.25, 0.3) is 0 Å². The predicted octanol–water partition coefficient (Wildman–Crippen LogP) is 1.94. The number of anilines is 1. The van der Waals surface area contributed by atoms with Gasteiger partial charge in [0.15, 0.2) is 0 Å². The smallest absolute Gasteiger partial charge is 0.303 e. The molecule has 17 heavy (non-hydrogen) atoms. The molecule has 1 aliphatic rings. The Morgan fingerprint density at radius 2 is 2.12 bits per heavy atom. The van der Waals surface area contributed by atoms with Crippen molar-refractivity contribution >= 4 is 17.5 Å². The van der Waals surface area contributed by atoms with E-state index in [1.165, 1.54) is 0 Å². The second-order valence-electron chi connectivity index (χ2n) is 4.14. The molecule has 0 atom stereocenters. The minimum absolute atomic E-state index is 0.184. The number of hydrogen-bond acceptors (Lipinski definition) is 3. The fourth-order valence-electron chi connectivity index (χ4n) is 1.97. The van der Waals surface area contributed by atoms with Crippen LogP contribution in [0.1, 0.15) is 18.9 Å². The summed E-state index contributed by atoms with van der Waals surface area (Å²) in [6.07, 6.45) is 0.770. The Kier molecular flexibility index (Phi) is 3.42. The van der Waals surface area contributed by atoms with E-state index in [0.29, 0.717) is 6.42 Å². The molecular formula is C13H16N2O2. The monoisotopic (exact) mass is 232 g/mol. The molecule has 0 saturated carbocycles. The Morgan fingerprint density at radius 3 is 2.65 bits per heavy atom. The van der Waals surface area contributed by atoms with Crippen LogP contribution in [-0.2, 0) is 11.2 Å². The van der Waals surface area contributed by atoms with Crippen molar-refractivity contribution in [2.75, 3.05) is 18.0 Å². The Labute approximate surface area is 101 Å². The number of nitrogens with zero attached hydrogens (tertiary/aromatic N) is 2. The number of carbonyl (C=O) groups is 1. The van der Waals surface area contributed by atoms with E-state index in [2.05, 4.69) is 9.89 Å². The van der Waals surface area contributed by atoms with Gasteiger partial charge in [-0.05, 0) is 31.0 Å². The van der Waals surface area contributed by atoms with Crippen LogP contribution in [0.15, 0.2) is 29.3 Å². The van der Waals surface area contributed by atoms with Crippen molar-refractivity contribution in [3.8, 4) is 0 Å². The first-order valence-electron chi connectivity index (χ1n) is 5.76. The molecule has 1 N–H and O–H groups in total. The van der Waals surface area contributed by atoms with E-state index >= 15 is 0 Å². The van der Waals surface area contributed by atoms with Crippen molar-refractivity contribution in [1.82, 2.24) is 0 Å². The van der Waals surface area contributed by atoms with Crippen LogP contribution >= 0.6 is 0 Å². The lowest BCUT2D eigenvalue weighted by Crippen LogP contribution is -2.24. The highest BCUT2D eigenvalue weighted by Crippen LogP contribution is 2.18. The molecule has 2 rings (SSSR count). The lowest BCUT2D eigenvalue weighted by atomic mass is 10.1. The minimum atomic E-state index is -0.753. The highest BCUT2D eigenvalue weighted by atomic mass is 16.4. The fraction of sp³-hybridized carbons (Fsp3) is 0.385. The van der Waals surface area contributed by atoms with Gasteiger partial charge in [-0.2, -0.15) is 0 Å². The summed E-state index contributed by atoms with van der Waals surface area (Å²) in [7, 11) is 0. The number of carboxylic acids is 1. The molecule has 4 heteroatoms. The largest absolute Gasteiger partial charge is 0.481 e. The maximum absolute atomic E-state index is 10.5. The molecule has 0 aromatic heterocycles. The van der Waals surface area contributed by atoms with Crippen molar-refractivity contribution in [3.63, 3.8) is 0 Å². The van der Waals surface area contributed by atoms with Gasteiger partial charge in [-0.3, -0.25) is 9.79 Å². The zero-order valence-electron chi connectivity index (χ0n) is 9.89. The summed E-state index contributed by atoms with van der Waals surface area (Å²) in [5.74, 6) is 0.292. The summed E-state index contributed by atoms with van der Waals surface area (Å²) < 4.78 is 0. The summed E-state index contributed by atoms with van der Waals surface area (Å²) in [6, 6.07) is 8.04. The molecule has 0 amide bonds. The molecular weight excluding hydrogens is 216 g/mol. The van der Waals surface area contributed by atoms with Gasteiger partial charge in [0.2, 0.25) is 0 Å². The zero-order chi connectivity index (χ0) is 12.3. The molecule has 0 aliphatic carbocycles. The van der Waals surface area contributed by atoms with Crippen molar-refractivity contribution in [1.29, 1.82) is 0 Å². The van der Waals surface area contributed by atoms with Crippen LogP contribution in [0.5, 0.6) is 0 Å². The first kappa shape index (κ1) is 11.6. The standard InChI is InChI=1S/C13H16N2O2/c1-10-14-8-9-15(10)12-5-2-11(3-6-12)4-7-13(16)17/h2-3,5-6H,4,7-9H2,1H3,(H,16,17). The molecule has 0 radical (unpaired) electrons. The zero-order valence-corrected chi connectivity index (χ0v) is 9.89. The molecule has 1 aromatic rings. The molecule has 0 spiro atoms. The highest BCUT2D eigenvalue weighted by molar-refractivity contribution is 5.97. The third kappa shape index (κ3) is 2.84. The van der Waals surface area contributed by atoms with E-state index in [0.717, 1.165) is 30.2 Å². The summed E-state index contributed by atoms with van der Waals surface area (Å²) >= 11 is 0. The molecule has 1 heterocycles. The van der Waals surface area contributed by atoms with Gasteiger partial charge in [-0.1, -0.05) is 12.1 Å². The van der Waals surface area contributed by atoms with Crippen molar-refractivity contribution in [3.05, 3.63) is 29.8 Å². The molecule has 0 bridgehead atoms. The third-order valence-electron chi connectivity index (χ3n) is 2.93. The number of rotatable bonds is 4. The Hall–Kier alpha value is -1.84. The first-order chi connectivity index (χ1) is 8.16. The van der Waals surface area contributed by atoms with Crippen molar-refractivity contribution in [2.45, 2.75) is 19.8 Å². The third-order valence-corrected chi connectivity index (χ3v) is 2.93. The summed E-state index contributed by atoms with van der Waals surface area (Å²) in [6.45, 7) is 3.79. The number of aryl methyl sites for hydroxylation is 1. The lowest BCUT2D eigenvalue weighted by Gasteiger charge is -2.18. The van der Waals surface area contributed by atoms with Crippen molar-refractivity contribution in [2.24, 2.45) is 4.99 Å². The van der Waals surface area contributed by atoms with Gasteiger partial charge >= 0.3 is 5.97 Å². The average Bonchev–Trinajstić information content (AvgIpc) is 2.73. The van der Waals surface area contributed by atoms with Crippen molar-refractivity contribution < 1.29 is 9.90 Å². The number of carboxylic acid groups (broad SMARTS) is 1. The van der Waals surface area contributed by atoms with Gasteiger partial charge in [0.1, 0.15) is 5.84 Å². The second kappa shape index (κ2) is 4.99. The van der Waals surface area contributed by atoms with E-state index in [4.69, 9.17) is 5.11 Å². The topological polar surface area (TPSA) is 52.9 Å². The normalized spacial score (nSPS) is 14.9. The number of amidine groups is 1. The number of benzene rings is 1. The maximum Gasteiger partial charge on any atom is 0.303 e. The summed E-state index contributed by atoms with van der Waals surface area (Å²) in [5, 5.41) is 8.61. The Morgan fingerprint density at radius 1 is 1.41 bits per heavy atom. The van der Waals surface area contributed by atoms with E-state index in [9.17, 15) is 4.79 Å². The quantitative estimate of drug-likeness (QED) is 0.863. The number of hydrogen-bond donors (Lipinski definition) is 1. The van der Waals surface area contributed by atoms with E-state index in [1.807, 2.05) is 31.2 Å². The van der Waals surface area contributed by atoms with Crippen LogP contribution in [0.4, 0.5) is 5.69 Å². The summed E-state index contributed by atoms with van der Waals surface area (Å²) in [5.41, 5.74) is 2.19. The predicted molar refractivity (Wildman–Crippen MR) is 67.7 cm³/mol. The second-order valence-corrected chi connectivity index (χ2v) is 4.14. The highest BCUT2D eigenvalue weighted by Gasteiger charge is 2.13. The number of aliphatic carboxylic acids is 1. The maximum atomic E-state index is 10.5. The van der Waals surface area contributed by atoms with E-state index in [1.54, 1.807) is 0 Å². The molecule has 0 saturated heterocycles. The van der Waals surface area contributed by atoms with Gasteiger partial charge < -0.3 is 10.0 Å². The van der Waals surface area contributed by atoms with Crippen LogP contribution in [0.2, 0.25) is 0 Å². The minimum Gasteiger partial charge on any atom is -0.481 e. The average molecular weight is 232 g/mol. The van der Waals surface area contributed by atoms with Crippen LogP contribution < -0.4 is 4.90 Å². The Bertz CT molecular complexity index is 437. The van der Waals surface area contributed by atoms with Crippen LogP contribution in [0.25, 0.3) is 0 Å². The first-order valence-corrected chi connectivity index (χ1v) is 5.76. The molecule has 90 valence electrons. The number of aliphatic imine (C=N–C) groups is 1. The lowest BCUT2D eigenvalue weighted by molar-refractivity contribution is -0.136. The fourth-order valence-corrected chi connectivity index (χ4v) is 1.97. The van der Waals surface area contributed by atoms with Crippen LogP contribution in [-0.4, -0.2) is 30.0 Å². The molecule has 1 aliphatic heterocycles. The van der Waals surface area contributed by atoms with Gasteiger partial charge in [0, 0.05) is 18.7 Å². The SMILES string of the molecule is CC1=NCCN1c1ccc(CCC(=O)O)cc1.